The summed E-state index contributed by atoms with van der Waals surface area (Å²) in [6.45, 7) is 0. The maximum atomic E-state index is 13.3. The Kier molecular flexibility index (Phi) is 4.10. The minimum atomic E-state index is -1.59. The van der Waals surface area contributed by atoms with Crippen LogP contribution in [0, 0.1) is 28.4 Å². The number of hydrogen-bond donors (Lipinski definition) is 4. The Morgan fingerprint density at radius 3 is 2.58 bits per heavy atom. The lowest BCUT2D eigenvalue weighted by molar-refractivity contribution is 0.0692. The highest BCUT2D eigenvalue weighted by molar-refractivity contribution is 6.45. The summed E-state index contributed by atoms with van der Waals surface area (Å²) in [6.07, 6.45) is 0. The molecule has 0 amide bonds. The van der Waals surface area contributed by atoms with Crippen LogP contribution in [0.5, 0.6) is 0 Å². The molecule has 0 unspecified atom stereocenters. The van der Waals surface area contributed by atoms with Gasteiger partial charge in [0.2, 0.25) is 5.71 Å². The number of hydrazone groups is 1. The van der Waals surface area contributed by atoms with Crippen LogP contribution in [-0.4, -0.2) is 22.6 Å². The molecular weight excluding hydrogens is 260 g/mol. The van der Waals surface area contributed by atoms with Crippen LogP contribution >= 0.6 is 0 Å². The number of amidine groups is 1. The SMILES string of the molecule is N#C/C(=N\Nc1cc(C(=O)O)c(F)cc1F)C(=N)N. The molecule has 98 valence electrons. The zero-order valence-electron chi connectivity index (χ0n) is 9.24. The van der Waals surface area contributed by atoms with Crippen molar-refractivity contribution in [2.45, 2.75) is 0 Å². The molecule has 0 aliphatic heterocycles. The first-order valence-electron chi connectivity index (χ1n) is 4.67. The number of hydrogen-bond acceptors (Lipinski definition) is 5. The third-order valence-corrected chi connectivity index (χ3v) is 1.94. The molecule has 5 N–H and O–H groups in total. The van der Waals surface area contributed by atoms with Crippen LogP contribution in [-0.2, 0) is 0 Å². The lowest BCUT2D eigenvalue weighted by Crippen LogP contribution is -2.22. The van der Waals surface area contributed by atoms with Gasteiger partial charge in [0.05, 0.1) is 11.3 Å². The van der Waals surface area contributed by atoms with Gasteiger partial charge in [0.15, 0.2) is 11.7 Å². The molecule has 1 aromatic carbocycles. The van der Waals surface area contributed by atoms with Crippen LogP contribution in [0.2, 0.25) is 0 Å². The van der Waals surface area contributed by atoms with Crippen LogP contribution < -0.4 is 11.2 Å². The molecular formula is C10H7F2N5O2. The van der Waals surface area contributed by atoms with E-state index in [1.807, 2.05) is 5.43 Å². The Bertz CT molecular complexity index is 621. The first-order chi connectivity index (χ1) is 8.86. The normalized spacial score (nSPS) is 10.7. The van der Waals surface area contributed by atoms with E-state index < -0.39 is 40.4 Å². The number of benzene rings is 1. The summed E-state index contributed by atoms with van der Waals surface area (Å²) < 4.78 is 26.4. The van der Waals surface area contributed by atoms with Crippen molar-refractivity contribution < 1.29 is 18.7 Å². The monoisotopic (exact) mass is 267 g/mol. The van der Waals surface area contributed by atoms with E-state index in [0.29, 0.717) is 12.1 Å². The Hall–Kier alpha value is -3.02. The van der Waals surface area contributed by atoms with Crippen molar-refractivity contribution in [3.8, 4) is 6.07 Å². The van der Waals surface area contributed by atoms with E-state index in [9.17, 15) is 13.6 Å². The lowest BCUT2D eigenvalue weighted by Gasteiger charge is -2.05. The molecule has 0 aliphatic rings. The molecule has 9 heteroatoms. The van der Waals surface area contributed by atoms with E-state index in [1.54, 1.807) is 0 Å². The van der Waals surface area contributed by atoms with E-state index in [2.05, 4.69) is 5.10 Å². The summed E-state index contributed by atoms with van der Waals surface area (Å²) in [5.41, 5.74) is 5.25. The third-order valence-electron chi connectivity index (χ3n) is 1.94. The fourth-order valence-corrected chi connectivity index (χ4v) is 1.06. The van der Waals surface area contributed by atoms with Crippen molar-refractivity contribution >= 4 is 23.2 Å². The van der Waals surface area contributed by atoms with Gasteiger partial charge >= 0.3 is 5.97 Å². The number of rotatable bonds is 4. The number of carboxylic acid groups (broad SMARTS) is 1. The van der Waals surface area contributed by atoms with Crippen LogP contribution in [0.1, 0.15) is 10.4 Å². The van der Waals surface area contributed by atoms with Gasteiger partial charge in [-0.25, -0.2) is 13.6 Å². The van der Waals surface area contributed by atoms with Crippen molar-refractivity contribution in [3.05, 3.63) is 29.3 Å². The first kappa shape index (κ1) is 14.0. The fourth-order valence-electron chi connectivity index (χ4n) is 1.06. The molecule has 0 atom stereocenters. The summed E-state index contributed by atoms with van der Waals surface area (Å²) in [5, 5.41) is 27.5. The number of carbonyl (C=O) groups is 1. The second-order valence-corrected chi connectivity index (χ2v) is 3.21. The molecule has 0 heterocycles. The number of aromatic carboxylic acids is 1. The van der Waals surface area contributed by atoms with E-state index in [0.717, 1.165) is 0 Å². The molecule has 0 spiro atoms. The van der Waals surface area contributed by atoms with Gasteiger partial charge in [-0.1, -0.05) is 0 Å². The van der Waals surface area contributed by atoms with Crippen LogP contribution in [0.25, 0.3) is 0 Å². The predicted octanol–water partition coefficient (Wildman–Crippen LogP) is 0.890. The van der Waals surface area contributed by atoms with Gasteiger partial charge in [-0.3, -0.25) is 10.8 Å². The molecule has 7 nitrogen and oxygen atoms in total. The number of nitrogens with one attached hydrogen (secondary N) is 2. The fraction of sp³-hybridized carbons (Fsp3) is 0. The molecule has 0 saturated heterocycles. The van der Waals surface area contributed by atoms with Gasteiger partial charge in [0.25, 0.3) is 0 Å². The van der Waals surface area contributed by atoms with Gasteiger partial charge in [-0.05, 0) is 6.07 Å². The standard InChI is InChI=1S/C10H7F2N5O2/c11-5-2-6(12)7(1-4(5)10(18)19)16-17-8(3-13)9(14)15/h1-2,16H,(H3,14,15)(H,18,19)/b17-8+. The number of anilines is 1. The molecule has 0 aromatic heterocycles. The van der Waals surface area contributed by atoms with Crippen molar-refractivity contribution in [1.82, 2.24) is 0 Å². The highest BCUT2D eigenvalue weighted by atomic mass is 19.1. The maximum Gasteiger partial charge on any atom is 0.338 e. The summed E-state index contributed by atoms with van der Waals surface area (Å²) in [4.78, 5) is 10.7. The number of nitrogens with zero attached hydrogens (tertiary/aromatic N) is 2. The van der Waals surface area contributed by atoms with E-state index >= 15 is 0 Å². The number of nitrogens with two attached hydrogens (primary N) is 1. The van der Waals surface area contributed by atoms with Crippen molar-refractivity contribution in [3.63, 3.8) is 0 Å². The molecule has 1 aromatic rings. The predicted molar refractivity (Wildman–Crippen MR) is 61.9 cm³/mol. The Morgan fingerprint density at radius 1 is 1.47 bits per heavy atom. The van der Waals surface area contributed by atoms with Gasteiger partial charge < -0.3 is 10.8 Å². The molecule has 0 bridgehead atoms. The topological polar surface area (TPSA) is 135 Å². The molecule has 1 rings (SSSR count). The minimum absolute atomic E-state index is 0.362. The first-order valence-corrected chi connectivity index (χ1v) is 4.67. The van der Waals surface area contributed by atoms with E-state index in [4.69, 9.17) is 21.5 Å². The zero-order chi connectivity index (χ0) is 14.6. The Labute approximate surface area is 105 Å². The Balaban J connectivity index is 3.16. The molecule has 0 radical (unpaired) electrons. The van der Waals surface area contributed by atoms with E-state index in [1.165, 1.54) is 6.07 Å². The van der Waals surface area contributed by atoms with Crippen LogP contribution in [0.15, 0.2) is 17.2 Å². The van der Waals surface area contributed by atoms with Gasteiger partial charge in [0.1, 0.15) is 11.9 Å². The lowest BCUT2D eigenvalue weighted by atomic mass is 10.2. The minimum Gasteiger partial charge on any atom is -0.478 e. The zero-order valence-corrected chi connectivity index (χ0v) is 9.24. The highest BCUT2D eigenvalue weighted by Gasteiger charge is 2.15. The quantitative estimate of drug-likeness (QED) is 0.365. The summed E-state index contributed by atoms with van der Waals surface area (Å²) in [5.74, 6) is -4.59. The van der Waals surface area contributed by atoms with E-state index in [-0.39, 0.29) is 0 Å². The summed E-state index contributed by atoms with van der Waals surface area (Å²) in [7, 11) is 0. The summed E-state index contributed by atoms with van der Waals surface area (Å²) >= 11 is 0. The highest BCUT2D eigenvalue weighted by Crippen LogP contribution is 2.19. The number of nitriles is 1. The molecule has 19 heavy (non-hydrogen) atoms. The average Bonchev–Trinajstić information content (AvgIpc) is 2.31. The molecule has 0 fully saturated rings. The summed E-state index contributed by atoms with van der Waals surface area (Å²) in [6, 6.07) is 2.50. The van der Waals surface area contributed by atoms with Crippen LogP contribution in [0.3, 0.4) is 0 Å². The largest absolute Gasteiger partial charge is 0.478 e. The van der Waals surface area contributed by atoms with Gasteiger partial charge in [-0.2, -0.15) is 10.4 Å². The van der Waals surface area contributed by atoms with Crippen LogP contribution in [0.4, 0.5) is 14.5 Å². The number of halogens is 2. The van der Waals surface area contributed by atoms with Crippen molar-refractivity contribution in [2.24, 2.45) is 10.8 Å². The molecule has 0 saturated carbocycles. The smallest absolute Gasteiger partial charge is 0.338 e. The third kappa shape index (κ3) is 3.22. The Morgan fingerprint density at radius 2 is 2.11 bits per heavy atom. The second kappa shape index (κ2) is 5.54. The van der Waals surface area contributed by atoms with Gasteiger partial charge in [-0.15, -0.1) is 0 Å². The van der Waals surface area contributed by atoms with Crippen molar-refractivity contribution in [1.29, 1.82) is 10.7 Å². The van der Waals surface area contributed by atoms with Gasteiger partial charge in [0, 0.05) is 6.07 Å². The van der Waals surface area contributed by atoms with Crippen molar-refractivity contribution in [2.75, 3.05) is 5.43 Å². The average molecular weight is 267 g/mol. The second-order valence-electron chi connectivity index (χ2n) is 3.21. The molecule has 0 aliphatic carbocycles. The maximum absolute atomic E-state index is 13.3. The number of carboxylic acids is 1.